The van der Waals surface area contributed by atoms with Crippen molar-refractivity contribution in [1.29, 1.82) is 0 Å². The van der Waals surface area contributed by atoms with Gasteiger partial charge in [0.05, 0.1) is 29.1 Å². The average Bonchev–Trinajstić information content (AvgIpc) is 3.11. The first-order chi connectivity index (χ1) is 15.9. The minimum atomic E-state index is -0.0861. The molecule has 33 heavy (non-hydrogen) atoms. The van der Waals surface area contributed by atoms with Gasteiger partial charge in [0, 0.05) is 31.2 Å². The molecule has 8 heteroatoms. The molecule has 7 nitrogen and oxygen atoms in total. The number of nitrogens with one attached hydrogen (secondary N) is 1. The number of halogens is 1. The maximum absolute atomic E-state index is 12.8. The van der Waals surface area contributed by atoms with E-state index >= 15 is 0 Å². The van der Waals surface area contributed by atoms with Gasteiger partial charge in [-0.05, 0) is 56.8 Å². The van der Waals surface area contributed by atoms with E-state index in [1.807, 2.05) is 56.3 Å². The first-order valence-corrected chi connectivity index (χ1v) is 11.4. The Morgan fingerprint density at radius 3 is 2.52 bits per heavy atom. The van der Waals surface area contributed by atoms with Crippen LogP contribution in [-0.4, -0.2) is 49.2 Å². The van der Waals surface area contributed by atoms with Crippen molar-refractivity contribution in [2.75, 3.05) is 43.4 Å². The summed E-state index contributed by atoms with van der Waals surface area (Å²) >= 11 is 6.22. The Balaban J connectivity index is 1.36. The van der Waals surface area contributed by atoms with E-state index in [1.165, 1.54) is 0 Å². The fraction of sp³-hybridized carbons (Fsp3) is 0.360. The summed E-state index contributed by atoms with van der Waals surface area (Å²) < 4.78 is 11.0. The van der Waals surface area contributed by atoms with E-state index in [4.69, 9.17) is 20.9 Å². The van der Waals surface area contributed by atoms with Gasteiger partial charge in [0.25, 0.3) is 0 Å². The highest BCUT2D eigenvalue weighted by Crippen LogP contribution is 2.30. The van der Waals surface area contributed by atoms with E-state index in [0.29, 0.717) is 11.6 Å². The normalized spacial score (nSPS) is 14.4. The molecule has 174 valence electrons. The van der Waals surface area contributed by atoms with Gasteiger partial charge in [-0.3, -0.25) is 4.79 Å². The van der Waals surface area contributed by atoms with Crippen LogP contribution < -0.4 is 15.0 Å². The van der Waals surface area contributed by atoms with E-state index in [2.05, 4.69) is 27.3 Å². The number of anilines is 2. The quantitative estimate of drug-likeness (QED) is 0.552. The zero-order valence-electron chi connectivity index (χ0n) is 19.2. The van der Waals surface area contributed by atoms with Gasteiger partial charge in [0.15, 0.2) is 0 Å². The van der Waals surface area contributed by atoms with Crippen molar-refractivity contribution < 1.29 is 14.1 Å². The van der Waals surface area contributed by atoms with Crippen LogP contribution in [0.15, 0.2) is 47.0 Å². The lowest BCUT2D eigenvalue weighted by atomic mass is 10.1. The topological polar surface area (TPSA) is 70.8 Å². The summed E-state index contributed by atoms with van der Waals surface area (Å²) in [6, 6.07) is 13.2. The second kappa shape index (κ2) is 10.3. The maximum Gasteiger partial charge on any atom is 0.228 e. The number of hydrogen-bond acceptors (Lipinski definition) is 6. The molecule has 0 bridgehead atoms. The minimum absolute atomic E-state index is 0.0861. The van der Waals surface area contributed by atoms with Crippen LogP contribution in [0.4, 0.5) is 11.4 Å². The Morgan fingerprint density at radius 1 is 1.12 bits per heavy atom. The van der Waals surface area contributed by atoms with E-state index in [1.54, 1.807) is 0 Å². The standard InChI is InChI=1S/C25H29ClN4O3/c1-17-22(18(2)33-28-17)16-32-21-7-4-19(5-8-21)14-25(31)27-23-15-20(26)6-9-24(23)30-12-10-29(3)11-13-30/h4-9,15H,10-14,16H2,1-3H3,(H,27,31). The highest BCUT2D eigenvalue weighted by molar-refractivity contribution is 6.31. The maximum atomic E-state index is 12.8. The third kappa shape index (κ3) is 5.86. The second-order valence-electron chi connectivity index (χ2n) is 8.41. The van der Waals surface area contributed by atoms with Gasteiger partial charge in [-0.25, -0.2) is 0 Å². The van der Waals surface area contributed by atoms with E-state index in [9.17, 15) is 4.79 Å². The lowest BCUT2D eigenvalue weighted by molar-refractivity contribution is -0.115. The number of carbonyl (C=O) groups excluding carboxylic acids is 1. The summed E-state index contributed by atoms with van der Waals surface area (Å²) in [7, 11) is 2.12. The van der Waals surface area contributed by atoms with Crippen LogP contribution in [0, 0.1) is 13.8 Å². The highest BCUT2D eigenvalue weighted by atomic mass is 35.5. The fourth-order valence-corrected chi connectivity index (χ4v) is 4.05. The Morgan fingerprint density at radius 2 is 1.85 bits per heavy atom. The number of hydrogen-bond donors (Lipinski definition) is 1. The summed E-state index contributed by atoms with van der Waals surface area (Å²) in [5.74, 6) is 1.40. The van der Waals surface area contributed by atoms with Crippen molar-refractivity contribution in [3.63, 3.8) is 0 Å². The van der Waals surface area contributed by atoms with Gasteiger partial charge in [-0.2, -0.15) is 0 Å². The number of aromatic nitrogens is 1. The van der Waals surface area contributed by atoms with Crippen LogP contribution in [0.2, 0.25) is 5.02 Å². The van der Waals surface area contributed by atoms with E-state index in [-0.39, 0.29) is 12.3 Å². The molecule has 3 aromatic rings. The molecule has 2 aromatic carbocycles. The monoisotopic (exact) mass is 468 g/mol. The molecule has 0 saturated carbocycles. The molecular formula is C25H29ClN4O3. The molecule has 0 unspecified atom stereocenters. The number of nitrogens with zero attached hydrogens (tertiary/aromatic N) is 3. The van der Waals surface area contributed by atoms with E-state index < -0.39 is 0 Å². The molecule has 1 fully saturated rings. The molecule has 1 aliphatic heterocycles. The van der Waals surface area contributed by atoms with Crippen LogP contribution in [0.5, 0.6) is 5.75 Å². The molecule has 0 spiro atoms. The highest BCUT2D eigenvalue weighted by Gasteiger charge is 2.18. The number of likely N-dealkylation sites (N-methyl/N-ethyl adjacent to an activating group) is 1. The molecule has 0 atom stereocenters. The van der Waals surface area contributed by atoms with Gasteiger partial charge in [0.2, 0.25) is 5.91 Å². The summed E-state index contributed by atoms with van der Waals surface area (Å²) in [6.45, 7) is 7.96. The summed E-state index contributed by atoms with van der Waals surface area (Å²) in [4.78, 5) is 17.4. The number of carbonyl (C=O) groups is 1. The number of benzene rings is 2. The smallest absolute Gasteiger partial charge is 0.228 e. The first kappa shape index (κ1) is 23.1. The predicted octanol–water partition coefficient (Wildman–Crippen LogP) is 4.46. The average molecular weight is 469 g/mol. The predicted molar refractivity (Wildman–Crippen MR) is 130 cm³/mol. The number of piperazine rings is 1. The summed E-state index contributed by atoms with van der Waals surface area (Å²) in [5.41, 5.74) is 4.44. The van der Waals surface area contributed by atoms with Crippen LogP contribution in [-0.2, 0) is 17.8 Å². The fourth-order valence-electron chi connectivity index (χ4n) is 3.88. The molecule has 1 amide bonds. The van der Waals surface area contributed by atoms with Crippen LogP contribution in [0.25, 0.3) is 0 Å². The first-order valence-electron chi connectivity index (χ1n) is 11.1. The number of aryl methyl sites for hydroxylation is 2. The molecule has 2 heterocycles. The molecular weight excluding hydrogens is 440 g/mol. The van der Waals surface area contributed by atoms with Crippen LogP contribution in [0.1, 0.15) is 22.6 Å². The molecule has 1 aromatic heterocycles. The Bertz CT molecular complexity index is 1090. The van der Waals surface area contributed by atoms with Gasteiger partial charge >= 0.3 is 0 Å². The molecule has 4 rings (SSSR count). The largest absolute Gasteiger partial charge is 0.489 e. The van der Waals surface area contributed by atoms with Crippen molar-refractivity contribution in [3.05, 3.63) is 70.1 Å². The van der Waals surface area contributed by atoms with Gasteiger partial charge in [-0.15, -0.1) is 0 Å². The third-order valence-electron chi connectivity index (χ3n) is 5.93. The van der Waals surface area contributed by atoms with Crippen molar-refractivity contribution in [3.8, 4) is 5.75 Å². The molecule has 1 saturated heterocycles. The number of amides is 1. The van der Waals surface area contributed by atoms with Gasteiger partial charge in [0.1, 0.15) is 18.1 Å². The Labute approximate surface area is 199 Å². The Kier molecular flexibility index (Phi) is 7.20. The van der Waals surface area contributed by atoms with E-state index in [0.717, 1.165) is 65.9 Å². The zero-order chi connectivity index (χ0) is 23.4. The third-order valence-corrected chi connectivity index (χ3v) is 6.16. The Hall–Kier alpha value is -3.03. The molecule has 0 radical (unpaired) electrons. The van der Waals surface area contributed by atoms with Crippen molar-refractivity contribution >= 4 is 28.9 Å². The van der Waals surface area contributed by atoms with Crippen molar-refractivity contribution in [1.82, 2.24) is 10.1 Å². The summed E-state index contributed by atoms with van der Waals surface area (Å²) in [5, 5.41) is 7.59. The SMILES string of the molecule is Cc1noc(C)c1COc1ccc(CC(=O)Nc2cc(Cl)ccc2N2CCN(C)CC2)cc1. The van der Waals surface area contributed by atoms with Crippen molar-refractivity contribution in [2.45, 2.75) is 26.9 Å². The van der Waals surface area contributed by atoms with Crippen LogP contribution in [0.3, 0.4) is 0 Å². The van der Waals surface area contributed by atoms with Crippen molar-refractivity contribution in [2.24, 2.45) is 0 Å². The number of ether oxygens (including phenoxy) is 1. The summed E-state index contributed by atoms with van der Waals surface area (Å²) in [6.07, 6.45) is 0.263. The number of rotatable bonds is 7. The zero-order valence-corrected chi connectivity index (χ0v) is 20.0. The molecule has 0 aliphatic carbocycles. The lowest BCUT2D eigenvalue weighted by Gasteiger charge is -2.35. The molecule has 1 N–H and O–H groups in total. The molecule has 1 aliphatic rings. The minimum Gasteiger partial charge on any atom is -0.489 e. The van der Waals surface area contributed by atoms with Crippen LogP contribution >= 0.6 is 11.6 Å². The lowest BCUT2D eigenvalue weighted by Crippen LogP contribution is -2.44. The van der Waals surface area contributed by atoms with Gasteiger partial charge < -0.3 is 24.4 Å². The second-order valence-corrected chi connectivity index (χ2v) is 8.85. The van der Waals surface area contributed by atoms with Gasteiger partial charge in [-0.1, -0.05) is 28.9 Å².